The Bertz CT molecular complexity index is 1320. The van der Waals surface area contributed by atoms with Gasteiger partial charge in [-0.15, -0.1) is 0 Å². The Morgan fingerprint density at radius 2 is 1.94 bits per heavy atom. The van der Waals surface area contributed by atoms with E-state index in [4.69, 9.17) is 4.74 Å². The minimum atomic E-state index is -0.820. The van der Waals surface area contributed by atoms with Gasteiger partial charge >= 0.3 is 6.03 Å². The summed E-state index contributed by atoms with van der Waals surface area (Å²) in [6, 6.07) is 17.8. The summed E-state index contributed by atoms with van der Waals surface area (Å²) in [5.74, 6) is -0.842. The number of H-pyrrole nitrogens is 1. The van der Waals surface area contributed by atoms with Gasteiger partial charge < -0.3 is 19.9 Å². The molecule has 5 rings (SSSR count). The highest BCUT2D eigenvalue weighted by atomic mass is 19.1. The third-order valence-corrected chi connectivity index (χ3v) is 5.88. The van der Waals surface area contributed by atoms with Gasteiger partial charge in [0.15, 0.2) is 0 Å². The number of aromatic nitrogens is 1. The number of para-hydroxylation sites is 1. The molecule has 1 unspecified atom stereocenters. The number of benzene rings is 3. The van der Waals surface area contributed by atoms with Crippen LogP contribution in [0, 0.1) is 11.6 Å². The lowest BCUT2D eigenvalue weighted by molar-refractivity contribution is 0.193. The summed E-state index contributed by atoms with van der Waals surface area (Å²) >= 11 is 0. The Kier molecular flexibility index (Phi) is 5.01. The Morgan fingerprint density at radius 1 is 1.09 bits per heavy atom. The number of anilines is 1. The fourth-order valence-electron chi connectivity index (χ4n) is 4.40. The van der Waals surface area contributed by atoms with Crippen molar-refractivity contribution in [1.82, 2.24) is 9.88 Å². The smallest absolute Gasteiger partial charge is 0.322 e. The number of methoxy groups -OCH3 is 1. The molecule has 32 heavy (non-hydrogen) atoms. The molecule has 0 bridgehead atoms. The minimum absolute atomic E-state index is 0.0664. The SMILES string of the molecule is COc1cccc(C2c3[nH]c4ccccc4c3CCN2C(=O)Nc2ccc(F)cc2F)c1. The molecule has 1 aliphatic rings. The number of nitrogens with zero attached hydrogens (tertiary/aromatic N) is 1. The number of hydrogen-bond donors (Lipinski definition) is 2. The molecule has 0 aliphatic carbocycles. The summed E-state index contributed by atoms with van der Waals surface area (Å²) in [6.45, 7) is 0.436. The molecule has 4 aromatic rings. The van der Waals surface area contributed by atoms with Gasteiger partial charge in [0.2, 0.25) is 0 Å². The summed E-state index contributed by atoms with van der Waals surface area (Å²) in [6.07, 6.45) is 0.652. The lowest BCUT2D eigenvalue weighted by Gasteiger charge is -2.36. The first kappa shape index (κ1) is 20.1. The molecule has 7 heteroatoms. The van der Waals surface area contributed by atoms with Crippen LogP contribution in [0.2, 0.25) is 0 Å². The van der Waals surface area contributed by atoms with Gasteiger partial charge in [-0.3, -0.25) is 0 Å². The van der Waals surface area contributed by atoms with Crippen LogP contribution in [0.3, 0.4) is 0 Å². The Labute approximate surface area is 183 Å². The Balaban J connectivity index is 1.58. The van der Waals surface area contributed by atoms with E-state index in [-0.39, 0.29) is 5.69 Å². The molecule has 0 radical (unpaired) electrons. The number of amides is 2. The maximum Gasteiger partial charge on any atom is 0.322 e. The highest BCUT2D eigenvalue weighted by Gasteiger charge is 2.35. The van der Waals surface area contributed by atoms with Crippen LogP contribution in [0.1, 0.15) is 22.9 Å². The average molecular weight is 433 g/mol. The second-order valence-electron chi connectivity index (χ2n) is 7.74. The second-order valence-corrected chi connectivity index (χ2v) is 7.74. The number of halogens is 2. The molecule has 1 aliphatic heterocycles. The fourth-order valence-corrected chi connectivity index (χ4v) is 4.40. The summed E-state index contributed by atoms with van der Waals surface area (Å²) in [5, 5.41) is 3.73. The molecule has 162 valence electrons. The number of carbonyl (C=O) groups excluding carboxylic acids is 1. The number of fused-ring (bicyclic) bond motifs is 3. The van der Waals surface area contributed by atoms with Crippen LogP contribution in [0.25, 0.3) is 10.9 Å². The van der Waals surface area contributed by atoms with Crippen molar-refractivity contribution in [2.75, 3.05) is 19.0 Å². The van der Waals surface area contributed by atoms with Gasteiger partial charge in [-0.1, -0.05) is 30.3 Å². The first-order valence-corrected chi connectivity index (χ1v) is 10.3. The first-order chi connectivity index (χ1) is 15.5. The van der Waals surface area contributed by atoms with E-state index in [0.29, 0.717) is 18.7 Å². The monoisotopic (exact) mass is 433 g/mol. The maximum absolute atomic E-state index is 14.2. The standard InChI is InChI=1S/C25H21F2N3O2/c1-32-17-6-4-5-15(13-17)24-23-19(18-7-2-3-8-21(18)28-23)11-12-30(24)25(31)29-22-10-9-16(26)14-20(22)27/h2-10,13-14,24,28H,11-12H2,1H3,(H,29,31). The zero-order valence-electron chi connectivity index (χ0n) is 17.4. The predicted octanol–water partition coefficient (Wildman–Crippen LogP) is 5.63. The van der Waals surface area contributed by atoms with Crippen LogP contribution in [0.5, 0.6) is 5.75 Å². The van der Waals surface area contributed by atoms with Gasteiger partial charge in [0.25, 0.3) is 0 Å². The van der Waals surface area contributed by atoms with Crippen LogP contribution in [0.15, 0.2) is 66.7 Å². The molecule has 3 aromatic carbocycles. The molecule has 0 saturated carbocycles. The van der Waals surface area contributed by atoms with Crippen molar-refractivity contribution in [3.8, 4) is 5.75 Å². The Hall–Kier alpha value is -3.87. The third-order valence-electron chi connectivity index (χ3n) is 5.88. The van der Waals surface area contributed by atoms with Crippen molar-refractivity contribution < 1.29 is 18.3 Å². The first-order valence-electron chi connectivity index (χ1n) is 10.3. The average Bonchev–Trinajstić information content (AvgIpc) is 3.19. The van der Waals surface area contributed by atoms with E-state index >= 15 is 0 Å². The summed E-state index contributed by atoms with van der Waals surface area (Å²) in [4.78, 5) is 18.4. The van der Waals surface area contributed by atoms with Crippen molar-refractivity contribution >= 4 is 22.6 Å². The van der Waals surface area contributed by atoms with Crippen LogP contribution in [-0.4, -0.2) is 29.6 Å². The molecule has 0 spiro atoms. The molecule has 2 amide bonds. The van der Waals surface area contributed by atoms with Crippen molar-refractivity contribution in [3.05, 3.63) is 95.2 Å². The number of nitrogens with one attached hydrogen (secondary N) is 2. The summed E-state index contributed by atoms with van der Waals surface area (Å²) in [7, 11) is 1.59. The largest absolute Gasteiger partial charge is 0.497 e. The van der Waals surface area contributed by atoms with E-state index < -0.39 is 23.7 Å². The molecule has 0 saturated heterocycles. The minimum Gasteiger partial charge on any atom is -0.497 e. The van der Waals surface area contributed by atoms with Crippen LogP contribution >= 0.6 is 0 Å². The summed E-state index contributed by atoms with van der Waals surface area (Å²) in [5.41, 5.74) is 3.87. The molecule has 2 heterocycles. The predicted molar refractivity (Wildman–Crippen MR) is 119 cm³/mol. The van der Waals surface area contributed by atoms with E-state index in [1.54, 1.807) is 12.0 Å². The molecular weight excluding hydrogens is 412 g/mol. The lowest BCUT2D eigenvalue weighted by Crippen LogP contribution is -2.43. The van der Waals surface area contributed by atoms with E-state index in [1.807, 2.05) is 42.5 Å². The highest BCUT2D eigenvalue weighted by Crippen LogP contribution is 2.39. The zero-order chi connectivity index (χ0) is 22.2. The zero-order valence-corrected chi connectivity index (χ0v) is 17.4. The molecular formula is C25H21F2N3O2. The van der Waals surface area contributed by atoms with Gasteiger partial charge in [0.1, 0.15) is 17.4 Å². The lowest BCUT2D eigenvalue weighted by atomic mass is 9.92. The van der Waals surface area contributed by atoms with E-state index in [9.17, 15) is 13.6 Å². The van der Waals surface area contributed by atoms with Gasteiger partial charge in [-0.25, -0.2) is 13.6 Å². The van der Waals surface area contributed by atoms with Crippen molar-refractivity contribution in [1.29, 1.82) is 0 Å². The van der Waals surface area contributed by atoms with Gasteiger partial charge in [0, 0.05) is 29.2 Å². The quantitative estimate of drug-likeness (QED) is 0.440. The number of carbonyl (C=O) groups is 1. The number of ether oxygens (including phenoxy) is 1. The maximum atomic E-state index is 14.2. The number of urea groups is 1. The van der Waals surface area contributed by atoms with Gasteiger partial charge in [-0.2, -0.15) is 0 Å². The van der Waals surface area contributed by atoms with E-state index in [2.05, 4.69) is 16.4 Å². The Morgan fingerprint density at radius 3 is 2.75 bits per heavy atom. The molecule has 1 aromatic heterocycles. The fraction of sp³-hybridized carbons (Fsp3) is 0.160. The van der Waals surface area contributed by atoms with Crippen LogP contribution in [0.4, 0.5) is 19.3 Å². The summed E-state index contributed by atoms with van der Waals surface area (Å²) < 4.78 is 32.9. The van der Waals surface area contributed by atoms with Crippen molar-refractivity contribution in [2.24, 2.45) is 0 Å². The van der Waals surface area contributed by atoms with Gasteiger partial charge in [-0.05, 0) is 47.9 Å². The number of aromatic amines is 1. The van der Waals surface area contributed by atoms with Crippen LogP contribution in [-0.2, 0) is 6.42 Å². The molecule has 5 nitrogen and oxygen atoms in total. The number of hydrogen-bond acceptors (Lipinski definition) is 2. The molecule has 1 atom stereocenters. The molecule has 2 N–H and O–H groups in total. The number of rotatable bonds is 3. The van der Waals surface area contributed by atoms with E-state index in [0.717, 1.165) is 39.9 Å². The topological polar surface area (TPSA) is 57.4 Å². The third kappa shape index (κ3) is 3.45. The van der Waals surface area contributed by atoms with Crippen molar-refractivity contribution in [3.63, 3.8) is 0 Å². The van der Waals surface area contributed by atoms with Gasteiger partial charge in [0.05, 0.1) is 18.8 Å². The normalized spacial score (nSPS) is 15.5. The second kappa shape index (κ2) is 8.00. The van der Waals surface area contributed by atoms with Crippen LogP contribution < -0.4 is 10.1 Å². The molecule has 0 fully saturated rings. The van der Waals surface area contributed by atoms with Crippen molar-refractivity contribution in [2.45, 2.75) is 12.5 Å². The highest BCUT2D eigenvalue weighted by molar-refractivity contribution is 5.91. The van der Waals surface area contributed by atoms with E-state index in [1.165, 1.54) is 6.07 Å².